The second kappa shape index (κ2) is 10.1. The molecule has 0 aliphatic rings. The fourth-order valence-electron chi connectivity index (χ4n) is 2.74. The third-order valence-corrected chi connectivity index (χ3v) is 4.31. The zero-order valence-corrected chi connectivity index (χ0v) is 18.0. The first-order valence-corrected chi connectivity index (χ1v) is 9.42. The van der Waals surface area contributed by atoms with E-state index < -0.39 is 11.9 Å². The van der Waals surface area contributed by atoms with Crippen molar-refractivity contribution >= 4 is 18.1 Å². The number of aryl methyl sites for hydroxylation is 1. The number of rotatable bonds is 8. The minimum absolute atomic E-state index is 0.237. The van der Waals surface area contributed by atoms with Crippen molar-refractivity contribution in [1.82, 2.24) is 15.6 Å². The van der Waals surface area contributed by atoms with E-state index in [1.165, 1.54) is 39.7 Å². The lowest BCUT2D eigenvalue weighted by Crippen LogP contribution is -2.18. The van der Waals surface area contributed by atoms with Gasteiger partial charge in [0.05, 0.1) is 33.1 Å². The zero-order valence-electron chi connectivity index (χ0n) is 18.0. The number of H-pyrrole nitrogens is 1. The summed E-state index contributed by atoms with van der Waals surface area (Å²) in [5.41, 5.74) is 4.34. The fraction of sp³-hybridized carbons (Fsp3) is 0.182. The molecule has 1 heterocycles. The van der Waals surface area contributed by atoms with Crippen molar-refractivity contribution in [3.05, 3.63) is 65.0 Å². The number of amides is 1. The van der Waals surface area contributed by atoms with Crippen molar-refractivity contribution < 1.29 is 28.5 Å². The number of aromatic nitrogens is 2. The topological polar surface area (TPSA) is 124 Å². The van der Waals surface area contributed by atoms with E-state index in [1.807, 2.05) is 0 Å². The molecule has 1 amide bonds. The summed E-state index contributed by atoms with van der Waals surface area (Å²) in [5, 5.41) is 10.4. The number of carbonyl (C=O) groups is 2. The first-order chi connectivity index (χ1) is 15.4. The summed E-state index contributed by atoms with van der Waals surface area (Å²) in [7, 11) is 4.41. The Kier molecular flexibility index (Phi) is 7.06. The standard InChI is InChI=1S/C22H22N4O6/c1-13-9-17(25-24-13)21(27)26-23-12-14-5-7-16(8-6-14)32-22(28)15-10-18(29-2)20(31-4)19(11-15)30-3/h5-12H,1-4H3,(H,24,25)(H,26,27)/b23-12+. The van der Waals surface area contributed by atoms with Crippen molar-refractivity contribution in [2.24, 2.45) is 5.10 Å². The molecule has 2 N–H and O–H groups in total. The number of esters is 1. The van der Waals surface area contributed by atoms with Gasteiger partial charge in [-0.05, 0) is 55.0 Å². The van der Waals surface area contributed by atoms with Gasteiger partial charge in [-0.25, -0.2) is 10.2 Å². The average Bonchev–Trinajstić information content (AvgIpc) is 3.25. The number of aromatic amines is 1. The number of nitrogens with zero attached hydrogens (tertiary/aromatic N) is 2. The van der Waals surface area contributed by atoms with Crippen LogP contribution in [0.3, 0.4) is 0 Å². The Morgan fingerprint density at radius 1 is 1.00 bits per heavy atom. The van der Waals surface area contributed by atoms with E-state index in [-0.39, 0.29) is 11.3 Å². The Hall–Kier alpha value is -4.34. The summed E-state index contributed by atoms with van der Waals surface area (Å²) in [6, 6.07) is 11.2. The number of hydrogen-bond donors (Lipinski definition) is 2. The molecule has 10 heteroatoms. The van der Waals surface area contributed by atoms with Crippen LogP contribution < -0.4 is 24.4 Å². The van der Waals surface area contributed by atoms with Crippen molar-refractivity contribution in [2.75, 3.05) is 21.3 Å². The normalized spacial score (nSPS) is 10.6. The molecule has 32 heavy (non-hydrogen) atoms. The number of hydrazone groups is 1. The van der Waals surface area contributed by atoms with E-state index in [0.29, 0.717) is 28.6 Å². The molecule has 10 nitrogen and oxygen atoms in total. The molecule has 0 radical (unpaired) electrons. The van der Waals surface area contributed by atoms with Crippen molar-refractivity contribution in [3.8, 4) is 23.0 Å². The molecular formula is C22H22N4O6. The number of ether oxygens (including phenoxy) is 4. The number of methoxy groups -OCH3 is 3. The predicted octanol–water partition coefficient (Wildman–Crippen LogP) is 2.73. The molecule has 0 spiro atoms. The second-order valence-corrected chi connectivity index (χ2v) is 6.51. The monoisotopic (exact) mass is 438 g/mol. The van der Waals surface area contributed by atoms with Crippen molar-refractivity contribution in [3.63, 3.8) is 0 Å². The molecule has 166 valence electrons. The van der Waals surface area contributed by atoms with Crippen LogP contribution in [0.25, 0.3) is 0 Å². The van der Waals surface area contributed by atoms with Gasteiger partial charge in [-0.2, -0.15) is 10.2 Å². The van der Waals surface area contributed by atoms with Gasteiger partial charge < -0.3 is 18.9 Å². The van der Waals surface area contributed by atoms with E-state index in [9.17, 15) is 9.59 Å². The molecule has 2 aromatic carbocycles. The minimum Gasteiger partial charge on any atom is -0.493 e. The fourth-order valence-corrected chi connectivity index (χ4v) is 2.74. The van der Waals surface area contributed by atoms with Gasteiger partial charge in [0.2, 0.25) is 5.75 Å². The second-order valence-electron chi connectivity index (χ2n) is 6.51. The smallest absolute Gasteiger partial charge is 0.343 e. The molecule has 0 atom stereocenters. The first kappa shape index (κ1) is 22.3. The highest BCUT2D eigenvalue weighted by Crippen LogP contribution is 2.38. The van der Waals surface area contributed by atoms with Crippen LogP contribution in [0, 0.1) is 6.92 Å². The van der Waals surface area contributed by atoms with E-state index in [2.05, 4.69) is 20.7 Å². The summed E-state index contributed by atoms with van der Waals surface area (Å²) in [6.07, 6.45) is 1.46. The number of hydrogen-bond acceptors (Lipinski definition) is 8. The van der Waals surface area contributed by atoms with Crippen LogP contribution in [0.15, 0.2) is 47.6 Å². The van der Waals surface area contributed by atoms with Gasteiger partial charge in [-0.3, -0.25) is 9.89 Å². The van der Waals surface area contributed by atoms with Gasteiger partial charge >= 0.3 is 5.97 Å². The quantitative estimate of drug-likeness (QED) is 0.240. The molecular weight excluding hydrogens is 416 g/mol. The molecule has 0 bridgehead atoms. The van der Waals surface area contributed by atoms with E-state index in [1.54, 1.807) is 37.3 Å². The van der Waals surface area contributed by atoms with Crippen LogP contribution >= 0.6 is 0 Å². The van der Waals surface area contributed by atoms with E-state index in [4.69, 9.17) is 18.9 Å². The Morgan fingerprint density at radius 3 is 2.19 bits per heavy atom. The molecule has 0 saturated heterocycles. The highest BCUT2D eigenvalue weighted by molar-refractivity contribution is 5.94. The van der Waals surface area contributed by atoms with Crippen LogP contribution in [-0.2, 0) is 0 Å². The largest absolute Gasteiger partial charge is 0.493 e. The van der Waals surface area contributed by atoms with E-state index in [0.717, 1.165) is 5.69 Å². The predicted molar refractivity (Wildman–Crippen MR) is 116 cm³/mol. The van der Waals surface area contributed by atoms with Crippen molar-refractivity contribution in [1.29, 1.82) is 0 Å². The van der Waals surface area contributed by atoms with Crippen LogP contribution in [0.5, 0.6) is 23.0 Å². The van der Waals surface area contributed by atoms with Crippen LogP contribution in [0.1, 0.15) is 32.1 Å². The lowest BCUT2D eigenvalue weighted by molar-refractivity contribution is 0.0733. The zero-order chi connectivity index (χ0) is 23.1. The SMILES string of the molecule is COc1cc(C(=O)Oc2ccc(/C=N/NC(=O)c3cc(C)[nH]n3)cc2)cc(OC)c1OC. The minimum atomic E-state index is -0.591. The van der Waals surface area contributed by atoms with Crippen LogP contribution in [-0.4, -0.2) is 49.6 Å². The van der Waals surface area contributed by atoms with Crippen LogP contribution in [0.4, 0.5) is 0 Å². The molecule has 0 aliphatic heterocycles. The van der Waals surface area contributed by atoms with Crippen molar-refractivity contribution in [2.45, 2.75) is 6.92 Å². The highest BCUT2D eigenvalue weighted by atomic mass is 16.5. The van der Waals surface area contributed by atoms with E-state index >= 15 is 0 Å². The van der Waals surface area contributed by atoms with Gasteiger partial charge in [-0.1, -0.05) is 0 Å². The molecule has 0 aliphatic carbocycles. The summed E-state index contributed by atoms with van der Waals surface area (Å²) < 4.78 is 21.2. The summed E-state index contributed by atoms with van der Waals surface area (Å²) in [6.45, 7) is 1.79. The Morgan fingerprint density at radius 2 is 1.66 bits per heavy atom. The lowest BCUT2D eigenvalue weighted by atomic mass is 10.2. The molecule has 1 aromatic heterocycles. The van der Waals surface area contributed by atoms with Gasteiger partial charge in [0.1, 0.15) is 5.75 Å². The maximum absolute atomic E-state index is 12.6. The number of carbonyl (C=O) groups excluding carboxylic acids is 2. The van der Waals surface area contributed by atoms with Crippen LogP contribution in [0.2, 0.25) is 0 Å². The number of nitrogens with one attached hydrogen (secondary N) is 2. The third-order valence-electron chi connectivity index (χ3n) is 4.31. The van der Waals surface area contributed by atoms with Gasteiger partial charge in [0.15, 0.2) is 17.2 Å². The van der Waals surface area contributed by atoms with Gasteiger partial charge in [0, 0.05) is 5.69 Å². The maximum atomic E-state index is 12.6. The molecule has 0 unspecified atom stereocenters. The summed E-state index contributed by atoms with van der Waals surface area (Å²) in [4.78, 5) is 24.5. The third kappa shape index (κ3) is 5.22. The maximum Gasteiger partial charge on any atom is 0.343 e. The molecule has 3 rings (SSSR count). The van der Waals surface area contributed by atoms with Gasteiger partial charge in [0.25, 0.3) is 5.91 Å². The summed E-state index contributed by atoms with van der Waals surface area (Å²) in [5.74, 6) is 0.380. The Labute approximate surface area is 184 Å². The Bertz CT molecular complexity index is 1110. The lowest BCUT2D eigenvalue weighted by Gasteiger charge is -2.13. The molecule has 0 saturated carbocycles. The number of benzene rings is 2. The summed E-state index contributed by atoms with van der Waals surface area (Å²) >= 11 is 0. The first-order valence-electron chi connectivity index (χ1n) is 9.42. The van der Waals surface area contributed by atoms with Gasteiger partial charge in [-0.15, -0.1) is 0 Å². The average molecular weight is 438 g/mol. The molecule has 3 aromatic rings. The highest BCUT2D eigenvalue weighted by Gasteiger charge is 2.18. The molecule has 0 fully saturated rings. The Balaban J connectivity index is 1.64.